The molecule has 1 N–H and O–H groups in total. The molecule has 7 nitrogen and oxygen atoms in total. The summed E-state index contributed by atoms with van der Waals surface area (Å²) < 4.78 is 43.5. The zero-order valence-corrected chi connectivity index (χ0v) is 17.6. The first-order valence-corrected chi connectivity index (χ1v) is 10.6. The van der Waals surface area contributed by atoms with Crippen LogP contribution in [0.5, 0.6) is 5.75 Å². The maximum atomic E-state index is 13.1. The predicted octanol–water partition coefficient (Wildman–Crippen LogP) is 2.69. The number of likely N-dealkylation sites (N-methyl/N-ethyl adjacent to an activating group) is 1. The van der Waals surface area contributed by atoms with Crippen LogP contribution in [0.25, 0.3) is 0 Å². The van der Waals surface area contributed by atoms with Crippen LogP contribution in [-0.4, -0.2) is 58.0 Å². The fourth-order valence-corrected chi connectivity index (χ4v) is 3.49. The third kappa shape index (κ3) is 6.72. The number of para-hydroxylation sites is 1. The summed E-state index contributed by atoms with van der Waals surface area (Å²) in [7, 11) is -0.329. The topological polar surface area (TPSA) is 79.0 Å². The fourth-order valence-electron chi connectivity index (χ4n) is 2.53. The van der Waals surface area contributed by atoms with Gasteiger partial charge in [0.15, 0.2) is 0 Å². The van der Waals surface area contributed by atoms with E-state index in [0.29, 0.717) is 25.2 Å². The van der Waals surface area contributed by atoms with Gasteiger partial charge in [0.1, 0.15) is 16.5 Å². The normalized spacial score (nSPS) is 11.3. The van der Waals surface area contributed by atoms with Crippen LogP contribution in [0.2, 0.25) is 0 Å². The number of nitrogens with one attached hydrogen (secondary N) is 1. The van der Waals surface area contributed by atoms with Crippen molar-refractivity contribution < 1.29 is 21.8 Å². The van der Waals surface area contributed by atoms with Gasteiger partial charge in [0, 0.05) is 25.2 Å². The monoisotopic (exact) mass is 423 g/mol. The van der Waals surface area contributed by atoms with Crippen LogP contribution < -0.4 is 9.50 Å². The average Bonchev–Trinajstić information content (AvgIpc) is 2.66. The third-order valence-electron chi connectivity index (χ3n) is 4.07. The molecule has 2 aromatic carbocycles. The Bertz CT molecular complexity index is 918. The Morgan fingerprint density at radius 3 is 2.34 bits per heavy atom. The van der Waals surface area contributed by atoms with Gasteiger partial charge in [-0.2, -0.15) is 8.42 Å². The molecule has 0 aliphatic carbocycles. The lowest BCUT2D eigenvalue weighted by Gasteiger charge is -2.25. The summed E-state index contributed by atoms with van der Waals surface area (Å²) in [6.45, 7) is 3.59. The average molecular weight is 424 g/mol. The predicted molar refractivity (Wildman–Crippen MR) is 109 cm³/mol. The van der Waals surface area contributed by atoms with Crippen molar-refractivity contribution in [2.24, 2.45) is 0 Å². The molecule has 0 unspecified atom stereocenters. The Morgan fingerprint density at radius 2 is 1.72 bits per heavy atom. The molecule has 158 valence electrons. The van der Waals surface area contributed by atoms with Crippen molar-refractivity contribution in [2.75, 3.05) is 33.7 Å². The number of urea groups is 1. The summed E-state index contributed by atoms with van der Waals surface area (Å²) in [5.41, 5.74) is 0.545. The Labute approximate surface area is 171 Å². The molecule has 0 saturated carbocycles. The maximum absolute atomic E-state index is 13.1. The standard InChI is InChI=1S/C20H26FN3O4S/c1-4-22-20(25)24(14-13-23(2)3)15-16-7-5-6-8-19(16)28-29(26,27)18-11-9-17(21)10-12-18/h5-12H,4,13-15H2,1-3H3,(H,22,25). The SMILES string of the molecule is CCNC(=O)N(CCN(C)C)Cc1ccccc1OS(=O)(=O)c1ccc(F)cc1. The Balaban J connectivity index is 2.25. The molecule has 0 aliphatic heterocycles. The van der Waals surface area contributed by atoms with E-state index in [1.807, 2.05) is 25.9 Å². The highest BCUT2D eigenvalue weighted by Crippen LogP contribution is 2.24. The van der Waals surface area contributed by atoms with Crippen LogP contribution in [-0.2, 0) is 16.7 Å². The van der Waals surface area contributed by atoms with Gasteiger partial charge in [-0.25, -0.2) is 9.18 Å². The van der Waals surface area contributed by atoms with Gasteiger partial charge in [-0.05, 0) is 51.4 Å². The summed E-state index contributed by atoms with van der Waals surface area (Å²) in [5.74, 6) is -0.418. The first kappa shape index (κ1) is 22.6. The third-order valence-corrected chi connectivity index (χ3v) is 5.32. The van der Waals surface area contributed by atoms with Gasteiger partial charge in [0.2, 0.25) is 0 Å². The Morgan fingerprint density at radius 1 is 1.07 bits per heavy atom. The quantitative estimate of drug-likeness (QED) is 0.628. The second-order valence-corrected chi connectivity index (χ2v) is 8.21. The van der Waals surface area contributed by atoms with E-state index in [-0.39, 0.29) is 23.2 Å². The maximum Gasteiger partial charge on any atom is 0.339 e. The summed E-state index contributed by atoms with van der Waals surface area (Å²) in [4.78, 5) is 15.8. The summed E-state index contributed by atoms with van der Waals surface area (Å²) in [6.07, 6.45) is 0. The van der Waals surface area contributed by atoms with Gasteiger partial charge >= 0.3 is 16.1 Å². The molecule has 0 fully saturated rings. The summed E-state index contributed by atoms with van der Waals surface area (Å²) >= 11 is 0. The number of carbonyl (C=O) groups excluding carboxylic acids is 1. The van der Waals surface area contributed by atoms with Crippen LogP contribution in [0.15, 0.2) is 53.4 Å². The van der Waals surface area contributed by atoms with E-state index in [1.165, 1.54) is 6.07 Å². The fraction of sp³-hybridized carbons (Fsp3) is 0.350. The van der Waals surface area contributed by atoms with Crippen LogP contribution in [0.4, 0.5) is 9.18 Å². The second-order valence-electron chi connectivity index (χ2n) is 6.66. The van der Waals surface area contributed by atoms with Crippen molar-refractivity contribution in [1.29, 1.82) is 0 Å². The number of hydrogen-bond acceptors (Lipinski definition) is 5. The lowest BCUT2D eigenvalue weighted by Crippen LogP contribution is -2.42. The van der Waals surface area contributed by atoms with E-state index in [9.17, 15) is 17.6 Å². The van der Waals surface area contributed by atoms with Gasteiger partial charge < -0.3 is 19.3 Å². The number of hydrogen-bond donors (Lipinski definition) is 1. The highest BCUT2D eigenvalue weighted by molar-refractivity contribution is 7.87. The Kier molecular flexibility index (Phi) is 7.98. The zero-order valence-electron chi connectivity index (χ0n) is 16.8. The highest BCUT2D eigenvalue weighted by Gasteiger charge is 2.21. The van der Waals surface area contributed by atoms with Crippen molar-refractivity contribution in [1.82, 2.24) is 15.1 Å². The van der Waals surface area contributed by atoms with E-state index in [2.05, 4.69) is 5.32 Å². The van der Waals surface area contributed by atoms with Gasteiger partial charge in [-0.15, -0.1) is 0 Å². The van der Waals surface area contributed by atoms with E-state index in [1.54, 1.807) is 23.1 Å². The molecule has 0 spiro atoms. The smallest absolute Gasteiger partial charge is 0.339 e. The minimum absolute atomic E-state index is 0.121. The molecule has 0 radical (unpaired) electrons. The van der Waals surface area contributed by atoms with Gasteiger partial charge in [-0.3, -0.25) is 0 Å². The lowest BCUT2D eigenvalue weighted by molar-refractivity contribution is 0.189. The van der Waals surface area contributed by atoms with E-state index in [4.69, 9.17) is 4.18 Å². The van der Waals surface area contributed by atoms with Crippen molar-refractivity contribution in [3.63, 3.8) is 0 Å². The van der Waals surface area contributed by atoms with Gasteiger partial charge in [0.25, 0.3) is 0 Å². The van der Waals surface area contributed by atoms with Crippen molar-refractivity contribution in [3.8, 4) is 5.75 Å². The second kappa shape index (κ2) is 10.2. The zero-order chi connectivity index (χ0) is 21.4. The molecule has 2 rings (SSSR count). The molecule has 0 atom stereocenters. The minimum Gasteiger partial charge on any atom is -0.379 e. The Hall–Kier alpha value is -2.65. The van der Waals surface area contributed by atoms with E-state index in [0.717, 1.165) is 24.3 Å². The lowest BCUT2D eigenvalue weighted by atomic mass is 10.2. The number of halogens is 1. The van der Waals surface area contributed by atoms with Crippen LogP contribution >= 0.6 is 0 Å². The molecule has 9 heteroatoms. The van der Waals surface area contributed by atoms with Crippen molar-refractivity contribution in [3.05, 3.63) is 59.9 Å². The number of nitrogens with zero attached hydrogens (tertiary/aromatic N) is 2. The molecular weight excluding hydrogens is 397 g/mol. The first-order chi connectivity index (χ1) is 13.7. The van der Waals surface area contributed by atoms with Gasteiger partial charge in [-0.1, -0.05) is 18.2 Å². The van der Waals surface area contributed by atoms with Crippen LogP contribution in [0.3, 0.4) is 0 Å². The summed E-state index contributed by atoms with van der Waals surface area (Å²) in [6, 6.07) is 10.8. The van der Waals surface area contributed by atoms with Crippen molar-refractivity contribution >= 4 is 16.1 Å². The number of benzene rings is 2. The number of carbonyl (C=O) groups is 1. The highest BCUT2D eigenvalue weighted by atomic mass is 32.2. The molecule has 0 heterocycles. The minimum atomic E-state index is -4.14. The summed E-state index contributed by atoms with van der Waals surface area (Å²) in [5, 5.41) is 2.76. The molecule has 0 aliphatic rings. The van der Waals surface area contributed by atoms with Crippen molar-refractivity contribution in [2.45, 2.75) is 18.4 Å². The van der Waals surface area contributed by atoms with Crippen LogP contribution in [0, 0.1) is 5.82 Å². The molecule has 2 aromatic rings. The number of amides is 2. The first-order valence-electron chi connectivity index (χ1n) is 9.18. The molecule has 29 heavy (non-hydrogen) atoms. The molecule has 0 saturated heterocycles. The van der Waals surface area contributed by atoms with E-state index < -0.39 is 15.9 Å². The largest absolute Gasteiger partial charge is 0.379 e. The van der Waals surface area contributed by atoms with Crippen LogP contribution in [0.1, 0.15) is 12.5 Å². The molecule has 0 aromatic heterocycles. The molecule has 0 bridgehead atoms. The van der Waals surface area contributed by atoms with E-state index >= 15 is 0 Å². The molecule has 2 amide bonds. The number of rotatable bonds is 9. The van der Waals surface area contributed by atoms with Gasteiger partial charge in [0.05, 0.1) is 6.54 Å². The molecular formula is C20H26FN3O4S.